The van der Waals surface area contributed by atoms with E-state index in [9.17, 15) is 17.2 Å². The molecular formula is C9H12F2N2O2S. The zero-order chi connectivity index (χ0) is 12.6. The fourth-order valence-electron chi connectivity index (χ4n) is 1.10. The monoisotopic (exact) mass is 250 g/mol. The van der Waals surface area contributed by atoms with Crippen LogP contribution in [0.5, 0.6) is 0 Å². The lowest BCUT2D eigenvalue weighted by Crippen LogP contribution is -2.13. The van der Waals surface area contributed by atoms with Crippen molar-refractivity contribution in [2.75, 3.05) is 11.5 Å². The Bertz CT molecular complexity index is 495. The van der Waals surface area contributed by atoms with E-state index in [0.29, 0.717) is 6.92 Å². The second-order valence-electron chi connectivity index (χ2n) is 3.40. The van der Waals surface area contributed by atoms with E-state index in [1.165, 1.54) is 6.92 Å². The number of aromatic nitrogens is 1. The molecule has 2 N–H and O–H groups in total. The van der Waals surface area contributed by atoms with E-state index in [-0.39, 0.29) is 16.5 Å². The van der Waals surface area contributed by atoms with Gasteiger partial charge in [-0.15, -0.1) is 0 Å². The summed E-state index contributed by atoms with van der Waals surface area (Å²) in [6, 6.07) is 0.876. The second kappa shape index (κ2) is 3.97. The summed E-state index contributed by atoms with van der Waals surface area (Å²) in [5.74, 6) is -3.61. The molecule has 0 radical (unpaired) electrons. The van der Waals surface area contributed by atoms with Gasteiger partial charge in [0.05, 0.1) is 5.75 Å². The number of alkyl halides is 2. The van der Waals surface area contributed by atoms with E-state index >= 15 is 0 Å². The Hall–Kier alpha value is -1.24. The number of nitrogens with zero attached hydrogens (tertiary/aromatic N) is 1. The Morgan fingerprint density at radius 1 is 1.50 bits per heavy atom. The van der Waals surface area contributed by atoms with Crippen LogP contribution in [0.1, 0.15) is 19.4 Å². The Kier molecular flexibility index (Phi) is 3.18. The molecule has 0 saturated heterocycles. The topological polar surface area (TPSA) is 73.0 Å². The van der Waals surface area contributed by atoms with Crippen molar-refractivity contribution in [3.63, 3.8) is 0 Å². The molecule has 1 rings (SSSR count). The summed E-state index contributed by atoms with van der Waals surface area (Å²) in [6.45, 7) is 2.08. The first-order valence-electron chi connectivity index (χ1n) is 4.55. The molecule has 0 aromatic carbocycles. The van der Waals surface area contributed by atoms with Gasteiger partial charge in [-0.05, 0) is 6.07 Å². The first-order chi connectivity index (χ1) is 7.18. The molecule has 1 heterocycles. The first kappa shape index (κ1) is 12.8. The molecule has 90 valence electrons. The fraction of sp³-hybridized carbons (Fsp3) is 0.444. The number of rotatable bonds is 3. The van der Waals surface area contributed by atoms with Gasteiger partial charge in [-0.2, -0.15) is 0 Å². The van der Waals surface area contributed by atoms with Gasteiger partial charge in [0.25, 0.3) is 5.92 Å². The van der Waals surface area contributed by atoms with Crippen LogP contribution in [0.4, 0.5) is 14.6 Å². The van der Waals surface area contributed by atoms with Gasteiger partial charge in [0.2, 0.25) is 0 Å². The van der Waals surface area contributed by atoms with E-state index in [1.54, 1.807) is 0 Å². The molecule has 0 amide bonds. The van der Waals surface area contributed by atoms with Crippen LogP contribution in [0.2, 0.25) is 0 Å². The Morgan fingerprint density at radius 3 is 2.50 bits per heavy atom. The zero-order valence-corrected chi connectivity index (χ0v) is 9.68. The predicted octanol–water partition coefficient (Wildman–Crippen LogP) is 1.57. The molecule has 0 aliphatic heterocycles. The number of hydrogen-bond donors (Lipinski definition) is 1. The van der Waals surface area contributed by atoms with Crippen LogP contribution >= 0.6 is 0 Å². The number of anilines is 1. The molecule has 4 nitrogen and oxygen atoms in total. The smallest absolute Gasteiger partial charge is 0.272 e. The summed E-state index contributed by atoms with van der Waals surface area (Å²) in [7, 11) is -3.63. The number of nitrogens with two attached hydrogens (primary N) is 1. The molecule has 1 aromatic rings. The van der Waals surface area contributed by atoms with Crippen LogP contribution in [0.25, 0.3) is 0 Å². The average molecular weight is 250 g/mol. The van der Waals surface area contributed by atoms with Gasteiger partial charge in [-0.3, -0.25) is 0 Å². The normalized spacial score (nSPS) is 12.8. The number of sulfone groups is 1. The van der Waals surface area contributed by atoms with Gasteiger partial charge < -0.3 is 5.73 Å². The summed E-state index contributed by atoms with van der Waals surface area (Å²) in [4.78, 5) is 3.14. The second-order valence-corrected chi connectivity index (χ2v) is 5.65. The van der Waals surface area contributed by atoms with Crippen molar-refractivity contribution in [2.24, 2.45) is 0 Å². The molecule has 0 unspecified atom stereocenters. The Balaban J connectivity index is 3.42. The van der Waals surface area contributed by atoms with E-state index in [0.717, 1.165) is 12.3 Å². The van der Waals surface area contributed by atoms with Crippen molar-refractivity contribution in [3.8, 4) is 0 Å². The lowest BCUT2D eigenvalue weighted by Gasteiger charge is -2.12. The van der Waals surface area contributed by atoms with E-state index in [4.69, 9.17) is 5.73 Å². The molecular weight excluding hydrogens is 238 g/mol. The summed E-state index contributed by atoms with van der Waals surface area (Å²) < 4.78 is 49.0. The minimum absolute atomic E-state index is 0.211. The highest BCUT2D eigenvalue weighted by Crippen LogP contribution is 2.29. The molecule has 0 saturated carbocycles. The molecule has 1 aromatic heterocycles. The highest BCUT2D eigenvalue weighted by Gasteiger charge is 2.28. The van der Waals surface area contributed by atoms with Crippen LogP contribution in [-0.2, 0) is 15.8 Å². The maximum absolute atomic E-state index is 13.0. The zero-order valence-electron chi connectivity index (χ0n) is 8.87. The minimum Gasteiger partial charge on any atom is -0.383 e. The lowest BCUT2D eigenvalue weighted by molar-refractivity contribution is 0.0169. The third kappa shape index (κ3) is 2.46. The van der Waals surface area contributed by atoms with Gasteiger partial charge in [-0.1, -0.05) is 6.92 Å². The highest BCUT2D eigenvalue weighted by atomic mass is 32.2. The fourth-order valence-corrected chi connectivity index (χ4v) is 2.09. The summed E-state index contributed by atoms with van der Waals surface area (Å²) in [6.07, 6.45) is 0.879. The quantitative estimate of drug-likeness (QED) is 0.883. The van der Waals surface area contributed by atoms with Crippen molar-refractivity contribution < 1.29 is 17.2 Å². The third-order valence-electron chi connectivity index (χ3n) is 2.10. The summed E-state index contributed by atoms with van der Waals surface area (Å²) in [5, 5.41) is 0. The Morgan fingerprint density at radius 2 is 2.06 bits per heavy atom. The molecule has 0 aliphatic rings. The average Bonchev–Trinajstić information content (AvgIpc) is 2.16. The first-order valence-corrected chi connectivity index (χ1v) is 6.20. The van der Waals surface area contributed by atoms with Crippen molar-refractivity contribution in [3.05, 3.63) is 17.8 Å². The Labute approximate surface area is 92.4 Å². The van der Waals surface area contributed by atoms with Crippen molar-refractivity contribution in [1.29, 1.82) is 0 Å². The van der Waals surface area contributed by atoms with Crippen LogP contribution in [0, 0.1) is 0 Å². The lowest BCUT2D eigenvalue weighted by atomic mass is 10.2. The SMILES string of the molecule is CCS(=O)(=O)c1cc(C(C)(F)F)cnc1N. The van der Waals surface area contributed by atoms with Gasteiger partial charge in [-0.25, -0.2) is 22.2 Å². The molecule has 0 atom stereocenters. The van der Waals surface area contributed by atoms with Crippen molar-refractivity contribution in [2.45, 2.75) is 24.7 Å². The maximum Gasteiger partial charge on any atom is 0.272 e. The highest BCUT2D eigenvalue weighted by molar-refractivity contribution is 7.91. The standard InChI is InChI=1S/C9H12F2N2O2S/c1-3-16(14,15)7-4-6(9(2,10)11)5-13-8(7)12/h4-5H,3H2,1-2H3,(H2,12,13). The largest absolute Gasteiger partial charge is 0.383 e. The van der Waals surface area contributed by atoms with Crippen LogP contribution in [-0.4, -0.2) is 19.2 Å². The van der Waals surface area contributed by atoms with Crippen molar-refractivity contribution in [1.82, 2.24) is 4.98 Å². The number of nitrogen functional groups attached to an aromatic ring is 1. The van der Waals surface area contributed by atoms with Gasteiger partial charge >= 0.3 is 0 Å². The van der Waals surface area contributed by atoms with E-state index in [1.807, 2.05) is 0 Å². The van der Waals surface area contributed by atoms with Gasteiger partial charge in [0.1, 0.15) is 10.7 Å². The number of hydrogen-bond acceptors (Lipinski definition) is 4. The predicted molar refractivity (Wildman–Crippen MR) is 55.9 cm³/mol. The molecule has 0 spiro atoms. The molecule has 0 bridgehead atoms. The van der Waals surface area contributed by atoms with Crippen molar-refractivity contribution >= 4 is 15.7 Å². The number of pyridine rings is 1. The van der Waals surface area contributed by atoms with E-state index in [2.05, 4.69) is 4.98 Å². The van der Waals surface area contributed by atoms with Crippen LogP contribution in [0.15, 0.2) is 17.2 Å². The van der Waals surface area contributed by atoms with Crippen LogP contribution in [0.3, 0.4) is 0 Å². The van der Waals surface area contributed by atoms with Crippen LogP contribution < -0.4 is 5.73 Å². The van der Waals surface area contributed by atoms with Gasteiger partial charge in [0.15, 0.2) is 9.84 Å². The third-order valence-corrected chi connectivity index (χ3v) is 3.86. The maximum atomic E-state index is 13.0. The summed E-state index contributed by atoms with van der Waals surface area (Å²) in [5.41, 5.74) is 4.90. The van der Waals surface area contributed by atoms with E-state index < -0.39 is 21.3 Å². The number of halogens is 2. The molecule has 0 fully saturated rings. The minimum atomic E-state index is -3.63. The van der Waals surface area contributed by atoms with Gasteiger partial charge in [0, 0.05) is 18.7 Å². The summed E-state index contributed by atoms with van der Waals surface area (Å²) >= 11 is 0. The molecule has 7 heteroatoms. The molecule has 16 heavy (non-hydrogen) atoms. The molecule has 0 aliphatic carbocycles.